The van der Waals surface area contributed by atoms with Crippen molar-refractivity contribution in [2.45, 2.75) is 12.5 Å². The minimum Gasteiger partial charge on any atom is -0.356 e. The predicted octanol–water partition coefficient (Wildman–Crippen LogP) is 2.23. The second-order valence-electron chi connectivity index (χ2n) is 7.17. The van der Waals surface area contributed by atoms with Gasteiger partial charge in [-0.3, -0.25) is 9.67 Å². The molecule has 3 aromatic rings. The van der Waals surface area contributed by atoms with E-state index in [1.807, 2.05) is 34.9 Å². The molecule has 0 spiro atoms. The second-order valence-corrected chi connectivity index (χ2v) is 7.17. The fraction of sp³-hybridized carbons (Fsp3) is 0.381. The zero-order chi connectivity index (χ0) is 20.6. The molecule has 0 radical (unpaired) electrons. The van der Waals surface area contributed by atoms with Gasteiger partial charge < -0.3 is 15.5 Å². The number of likely N-dealkylation sites (N-methyl/N-ethyl adjacent to an activating group) is 1. The highest BCUT2D eigenvalue weighted by Crippen LogP contribution is 2.16. The van der Waals surface area contributed by atoms with Crippen LogP contribution in [0.15, 0.2) is 60.1 Å². The van der Waals surface area contributed by atoms with Gasteiger partial charge in [-0.1, -0.05) is 12.1 Å². The van der Waals surface area contributed by atoms with E-state index in [0.717, 1.165) is 31.2 Å². The van der Waals surface area contributed by atoms with Gasteiger partial charge >= 0.3 is 0 Å². The summed E-state index contributed by atoms with van der Waals surface area (Å²) in [5, 5.41) is 15.4. The normalized spacial score (nSPS) is 12.5. The number of aliphatic imine (C=N–C) groups is 1. The Bertz CT molecular complexity index is 900. The van der Waals surface area contributed by atoms with Gasteiger partial charge in [0.25, 0.3) is 0 Å². The molecule has 0 aliphatic rings. The largest absolute Gasteiger partial charge is 0.356 e. The van der Waals surface area contributed by atoms with Gasteiger partial charge in [-0.15, -0.1) is 24.0 Å². The molecular weight excluding hydrogens is 491 g/mol. The SMILES string of the molecule is CN=C(NCCc1ccc(-n2cccn2)cc1)NCC(c1cnn(C)c1)N(C)C.I. The average molecular weight is 522 g/mol. The van der Waals surface area contributed by atoms with Crippen molar-refractivity contribution in [1.29, 1.82) is 0 Å². The van der Waals surface area contributed by atoms with Crippen molar-refractivity contribution in [3.05, 3.63) is 66.2 Å². The molecule has 0 fully saturated rings. The molecule has 1 unspecified atom stereocenters. The van der Waals surface area contributed by atoms with Crippen LogP contribution in [0.2, 0.25) is 0 Å². The van der Waals surface area contributed by atoms with Crippen LogP contribution in [0.5, 0.6) is 0 Å². The van der Waals surface area contributed by atoms with Gasteiger partial charge in [-0.25, -0.2) is 4.68 Å². The number of hydrogen-bond donors (Lipinski definition) is 2. The zero-order valence-corrected chi connectivity index (χ0v) is 20.3. The van der Waals surface area contributed by atoms with Gasteiger partial charge in [0.05, 0.1) is 17.9 Å². The molecule has 162 valence electrons. The molecule has 2 heterocycles. The van der Waals surface area contributed by atoms with Crippen LogP contribution in [0.3, 0.4) is 0 Å². The van der Waals surface area contributed by atoms with Crippen LogP contribution >= 0.6 is 24.0 Å². The smallest absolute Gasteiger partial charge is 0.191 e. The van der Waals surface area contributed by atoms with E-state index >= 15 is 0 Å². The number of rotatable bonds is 8. The minimum absolute atomic E-state index is 0. The number of halogens is 1. The summed E-state index contributed by atoms with van der Waals surface area (Å²) in [5.74, 6) is 0.800. The molecule has 0 saturated carbocycles. The Morgan fingerprint density at radius 1 is 1.17 bits per heavy atom. The summed E-state index contributed by atoms with van der Waals surface area (Å²) < 4.78 is 3.69. The number of aryl methyl sites for hydroxylation is 1. The molecule has 0 saturated heterocycles. The molecule has 2 N–H and O–H groups in total. The highest BCUT2D eigenvalue weighted by molar-refractivity contribution is 14.0. The fourth-order valence-electron chi connectivity index (χ4n) is 3.19. The number of nitrogens with one attached hydrogen (secondary N) is 2. The van der Waals surface area contributed by atoms with Crippen molar-refractivity contribution in [2.75, 3.05) is 34.2 Å². The first-order chi connectivity index (χ1) is 14.1. The van der Waals surface area contributed by atoms with E-state index in [9.17, 15) is 0 Å². The van der Waals surface area contributed by atoms with Crippen LogP contribution in [0.4, 0.5) is 0 Å². The maximum Gasteiger partial charge on any atom is 0.191 e. The topological polar surface area (TPSA) is 75.3 Å². The van der Waals surface area contributed by atoms with E-state index in [1.165, 1.54) is 11.1 Å². The summed E-state index contributed by atoms with van der Waals surface area (Å²) in [6.45, 7) is 1.55. The van der Waals surface area contributed by atoms with Crippen molar-refractivity contribution < 1.29 is 0 Å². The van der Waals surface area contributed by atoms with Gasteiger partial charge in [-0.2, -0.15) is 10.2 Å². The lowest BCUT2D eigenvalue weighted by molar-refractivity contribution is 0.298. The molecule has 0 aliphatic heterocycles. The number of aromatic nitrogens is 4. The van der Waals surface area contributed by atoms with Crippen molar-refractivity contribution in [3.63, 3.8) is 0 Å². The zero-order valence-electron chi connectivity index (χ0n) is 18.0. The maximum absolute atomic E-state index is 4.34. The second kappa shape index (κ2) is 11.7. The van der Waals surface area contributed by atoms with Gasteiger partial charge in [0.15, 0.2) is 5.96 Å². The van der Waals surface area contributed by atoms with E-state index < -0.39 is 0 Å². The third kappa shape index (κ3) is 6.56. The molecule has 1 atom stereocenters. The van der Waals surface area contributed by atoms with Crippen LogP contribution in [0, 0.1) is 0 Å². The fourth-order valence-corrected chi connectivity index (χ4v) is 3.19. The van der Waals surface area contributed by atoms with E-state index in [0.29, 0.717) is 0 Å². The molecule has 3 rings (SSSR count). The Morgan fingerprint density at radius 2 is 1.93 bits per heavy atom. The standard InChI is InChI=1S/C21H30N8.HI/c1-22-21(24-15-20(27(2)3)18-14-26-28(4)16-18)23-12-10-17-6-8-19(9-7-17)29-13-5-11-25-29;/h5-9,11,13-14,16,20H,10,12,15H2,1-4H3,(H2,22,23,24);1H. The summed E-state index contributed by atoms with van der Waals surface area (Å²) in [5.41, 5.74) is 3.51. The third-order valence-corrected chi connectivity index (χ3v) is 4.83. The Labute approximate surface area is 195 Å². The van der Waals surface area contributed by atoms with Crippen LogP contribution in [-0.2, 0) is 13.5 Å². The first kappa shape index (κ1) is 23.9. The molecule has 0 amide bonds. The Hall–Kier alpha value is -2.40. The average Bonchev–Trinajstić information content (AvgIpc) is 3.39. The van der Waals surface area contributed by atoms with Crippen LogP contribution in [-0.4, -0.2) is 64.7 Å². The van der Waals surface area contributed by atoms with Gasteiger partial charge in [0.2, 0.25) is 0 Å². The van der Waals surface area contributed by atoms with Crippen molar-refractivity contribution in [1.82, 2.24) is 35.1 Å². The summed E-state index contributed by atoms with van der Waals surface area (Å²) in [4.78, 5) is 6.52. The minimum atomic E-state index is 0. The molecule has 9 heteroatoms. The lowest BCUT2D eigenvalue weighted by Crippen LogP contribution is -2.42. The summed E-state index contributed by atoms with van der Waals surface area (Å²) in [7, 11) is 7.87. The molecule has 30 heavy (non-hydrogen) atoms. The lowest BCUT2D eigenvalue weighted by Gasteiger charge is -2.24. The van der Waals surface area contributed by atoms with Crippen LogP contribution in [0.25, 0.3) is 5.69 Å². The monoisotopic (exact) mass is 522 g/mol. The van der Waals surface area contributed by atoms with Crippen molar-refractivity contribution in [2.24, 2.45) is 12.0 Å². The molecule has 1 aromatic carbocycles. The van der Waals surface area contributed by atoms with Crippen molar-refractivity contribution in [3.8, 4) is 5.69 Å². The molecular formula is C21H31IN8. The number of guanidine groups is 1. The van der Waals surface area contributed by atoms with Gasteiger partial charge in [-0.05, 0) is 44.3 Å². The van der Waals surface area contributed by atoms with E-state index in [-0.39, 0.29) is 30.0 Å². The van der Waals surface area contributed by atoms with E-state index in [2.05, 4.69) is 75.3 Å². The number of hydrogen-bond acceptors (Lipinski definition) is 4. The van der Waals surface area contributed by atoms with Gasteiger partial charge in [0.1, 0.15) is 0 Å². The predicted molar refractivity (Wildman–Crippen MR) is 132 cm³/mol. The highest BCUT2D eigenvalue weighted by atomic mass is 127. The quantitative estimate of drug-likeness (QED) is 0.270. The van der Waals surface area contributed by atoms with E-state index in [4.69, 9.17) is 0 Å². The summed E-state index contributed by atoms with van der Waals surface area (Å²) >= 11 is 0. The lowest BCUT2D eigenvalue weighted by atomic mass is 10.1. The Morgan fingerprint density at radius 3 is 2.50 bits per heavy atom. The maximum atomic E-state index is 4.34. The summed E-state index contributed by atoms with van der Waals surface area (Å²) in [6, 6.07) is 10.6. The summed E-state index contributed by atoms with van der Waals surface area (Å²) in [6.07, 6.45) is 8.61. The van der Waals surface area contributed by atoms with Gasteiger partial charge in [0, 0.05) is 51.3 Å². The van der Waals surface area contributed by atoms with Crippen LogP contribution in [0.1, 0.15) is 17.2 Å². The van der Waals surface area contributed by atoms with Crippen molar-refractivity contribution >= 4 is 29.9 Å². The Kier molecular flexibility index (Phi) is 9.31. The number of benzene rings is 1. The Balaban J connectivity index is 0.00000320. The molecule has 0 aliphatic carbocycles. The first-order valence-electron chi connectivity index (χ1n) is 9.75. The molecule has 2 aromatic heterocycles. The first-order valence-corrected chi connectivity index (χ1v) is 9.75. The van der Waals surface area contributed by atoms with Crippen LogP contribution < -0.4 is 10.6 Å². The number of nitrogens with zero attached hydrogens (tertiary/aromatic N) is 6. The molecule has 0 bridgehead atoms. The van der Waals surface area contributed by atoms with E-state index in [1.54, 1.807) is 13.2 Å². The molecule has 8 nitrogen and oxygen atoms in total. The highest BCUT2D eigenvalue weighted by Gasteiger charge is 2.16. The third-order valence-electron chi connectivity index (χ3n) is 4.83.